The van der Waals surface area contributed by atoms with Crippen LogP contribution in [0, 0.1) is 6.92 Å². The number of hydrogen-bond donors (Lipinski definition) is 2. The molecule has 41 heavy (non-hydrogen) atoms. The van der Waals surface area contributed by atoms with E-state index < -0.39 is 18.1 Å². The fourth-order valence-electron chi connectivity index (χ4n) is 4.67. The highest BCUT2D eigenvalue weighted by atomic mass is 35.5. The predicted octanol–water partition coefficient (Wildman–Crippen LogP) is 5.76. The van der Waals surface area contributed by atoms with E-state index in [9.17, 15) is 18.0 Å². The fourth-order valence-corrected chi connectivity index (χ4v) is 4.90. The second-order valence-electron chi connectivity index (χ2n) is 9.83. The zero-order valence-corrected chi connectivity index (χ0v) is 23.1. The van der Waals surface area contributed by atoms with Gasteiger partial charge in [0.1, 0.15) is 0 Å². The summed E-state index contributed by atoms with van der Waals surface area (Å²) in [5.74, 6) is -2.54. The van der Waals surface area contributed by atoms with Crippen molar-refractivity contribution in [3.63, 3.8) is 0 Å². The number of aliphatic carboxylic acids is 2. The summed E-state index contributed by atoms with van der Waals surface area (Å²) in [5, 5.41) is 26.1. The standard InChI is InChI=1S/C25H26ClN5O3.C2HF3O2/c1-14(2)31-21-7-5-16(12-20(21)23(26)28-31)25-27-24(29-34-25)19-6-4-17-13-30(11-9-22(32)33)10-8-18(17)15(19)3;3-2(4,5)1(6)7/h4-7,12,14H,8-11,13H2,1-3H3,(H,32,33);(H,6,7). The van der Waals surface area contributed by atoms with Gasteiger partial charge in [0.15, 0.2) is 5.15 Å². The monoisotopic (exact) mass is 593 g/mol. The van der Waals surface area contributed by atoms with Gasteiger partial charge in [-0.05, 0) is 62.1 Å². The Morgan fingerprint density at radius 2 is 1.88 bits per heavy atom. The molecule has 0 spiro atoms. The van der Waals surface area contributed by atoms with E-state index in [4.69, 9.17) is 31.1 Å². The molecule has 0 atom stereocenters. The van der Waals surface area contributed by atoms with Crippen molar-refractivity contribution in [1.29, 1.82) is 0 Å². The van der Waals surface area contributed by atoms with Gasteiger partial charge in [-0.2, -0.15) is 23.3 Å². The summed E-state index contributed by atoms with van der Waals surface area (Å²) >= 11 is 6.38. The Kier molecular flexibility index (Phi) is 8.69. The maximum atomic E-state index is 10.9. The average Bonchev–Trinajstić information content (AvgIpc) is 3.52. The molecule has 10 nitrogen and oxygen atoms in total. The SMILES string of the molecule is Cc1c(-c2noc(-c3ccc4c(c3)c(Cl)nn4C(C)C)n2)ccc2c1CCN(CCC(=O)O)C2.O=C(O)C(F)(F)F. The second kappa shape index (κ2) is 11.9. The van der Waals surface area contributed by atoms with Crippen LogP contribution in [0.3, 0.4) is 0 Å². The Labute approximate surface area is 237 Å². The van der Waals surface area contributed by atoms with Gasteiger partial charge >= 0.3 is 18.1 Å². The molecule has 1 aliphatic rings. The summed E-state index contributed by atoms with van der Waals surface area (Å²) in [5.41, 5.74) is 6.35. The Bertz CT molecular complexity index is 1600. The zero-order chi connectivity index (χ0) is 30.1. The van der Waals surface area contributed by atoms with Gasteiger partial charge in [0.25, 0.3) is 5.89 Å². The smallest absolute Gasteiger partial charge is 0.481 e. The molecule has 1 aliphatic heterocycles. The third kappa shape index (κ3) is 6.68. The lowest BCUT2D eigenvalue weighted by molar-refractivity contribution is -0.192. The Balaban J connectivity index is 0.000000493. The minimum atomic E-state index is -5.08. The zero-order valence-electron chi connectivity index (χ0n) is 22.4. The quantitative estimate of drug-likeness (QED) is 0.286. The normalized spacial score (nSPS) is 13.7. The Morgan fingerprint density at radius 3 is 2.51 bits per heavy atom. The van der Waals surface area contributed by atoms with E-state index in [1.54, 1.807) is 0 Å². The molecule has 0 aliphatic carbocycles. The molecule has 0 fully saturated rings. The molecule has 0 saturated carbocycles. The summed E-state index contributed by atoms with van der Waals surface area (Å²) in [6.45, 7) is 8.38. The number of benzene rings is 2. The summed E-state index contributed by atoms with van der Waals surface area (Å²) in [7, 11) is 0. The minimum absolute atomic E-state index is 0.160. The van der Waals surface area contributed by atoms with E-state index in [-0.39, 0.29) is 12.5 Å². The van der Waals surface area contributed by atoms with Gasteiger partial charge in [0.2, 0.25) is 5.82 Å². The summed E-state index contributed by atoms with van der Waals surface area (Å²) < 4.78 is 39.3. The van der Waals surface area contributed by atoms with E-state index in [1.807, 2.05) is 28.9 Å². The van der Waals surface area contributed by atoms with Gasteiger partial charge in [-0.1, -0.05) is 28.9 Å². The van der Waals surface area contributed by atoms with Gasteiger partial charge in [0, 0.05) is 42.2 Å². The highest BCUT2D eigenvalue weighted by molar-refractivity contribution is 6.34. The molecule has 4 aromatic rings. The van der Waals surface area contributed by atoms with E-state index in [2.05, 4.69) is 47.0 Å². The predicted molar refractivity (Wildman–Crippen MR) is 144 cm³/mol. The Morgan fingerprint density at radius 1 is 1.17 bits per heavy atom. The van der Waals surface area contributed by atoms with Crippen molar-refractivity contribution in [1.82, 2.24) is 24.8 Å². The number of fused-ring (bicyclic) bond motifs is 2. The van der Waals surface area contributed by atoms with Crippen molar-refractivity contribution in [2.75, 3.05) is 13.1 Å². The van der Waals surface area contributed by atoms with Gasteiger partial charge < -0.3 is 14.7 Å². The molecule has 0 radical (unpaired) electrons. The molecule has 0 amide bonds. The first kappa shape index (κ1) is 30.0. The lowest BCUT2D eigenvalue weighted by atomic mass is 9.91. The van der Waals surface area contributed by atoms with Crippen molar-refractivity contribution in [2.45, 2.75) is 52.4 Å². The maximum Gasteiger partial charge on any atom is 0.490 e. The molecule has 0 saturated heterocycles. The van der Waals surface area contributed by atoms with Crippen molar-refractivity contribution in [2.24, 2.45) is 0 Å². The largest absolute Gasteiger partial charge is 0.490 e. The maximum absolute atomic E-state index is 10.9. The second-order valence-corrected chi connectivity index (χ2v) is 10.2. The van der Waals surface area contributed by atoms with Crippen LogP contribution in [-0.2, 0) is 22.6 Å². The van der Waals surface area contributed by atoms with Crippen LogP contribution in [-0.4, -0.2) is 66.2 Å². The van der Waals surface area contributed by atoms with Gasteiger partial charge in [-0.3, -0.25) is 14.4 Å². The van der Waals surface area contributed by atoms with Crippen LogP contribution >= 0.6 is 11.6 Å². The van der Waals surface area contributed by atoms with Crippen LogP contribution in [0.25, 0.3) is 33.7 Å². The number of rotatable bonds is 6. The van der Waals surface area contributed by atoms with E-state index in [0.717, 1.165) is 47.1 Å². The van der Waals surface area contributed by atoms with Crippen molar-refractivity contribution >= 4 is 34.4 Å². The fraction of sp³-hybridized carbons (Fsp3) is 0.370. The summed E-state index contributed by atoms with van der Waals surface area (Å²) in [6.07, 6.45) is -4.05. The van der Waals surface area contributed by atoms with Crippen molar-refractivity contribution < 1.29 is 37.5 Å². The number of halogens is 4. The molecular formula is C27H27ClF3N5O5. The van der Waals surface area contributed by atoms with Crippen LogP contribution in [0.5, 0.6) is 0 Å². The number of nitrogens with zero attached hydrogens (tertiary/aromatic N) is 5. The average molecular weight is 594 g/mol. The number of alkyl halides is 3. The first-order chi connectivity index (χ1) is 19.3. The number of carboxylic acid groups (broad SMARTS) is 2. The lowest BCUT2D eigenvalue weighted by Gasteiger charge is -2.29. The Hall–Kier alpha value is -3.97. The molecule has 5 rings (SSSR count). The topological polar surface area (TPSA) is 135 Å². The van der Waals surface area contributed by atoms with E-state index >= 15 is 0 Å². The van der Waals surface area contributed by atoms with Crippen molar-refractivity contribution in [3.8, 4) is 22.8 Å². The first-order valence-corrected chi connectivity index (χ1v) is 13.0. The van der Waals surface area contributed by atoms with Crippen molar-refractivity contribution in [3.05, 3.63) is 52.2 Å². The van der Waals surface area contributed by atoms with Crippen LogP contribution in [0.15, 0.2) is 34.9 Å². The van der Waals surface area contributed by atoms with E-state index in [1.165, 1.54) is 11.1 Å². The third-order valence-corrected chi connectivity index (χ3v) is 7.00. The van der Waals surface area contributed by atoms with Gasteiger partial charge in [-0.25, -0.2) is 4.79 Å². The number of carboxylic acids is 2. The summed E-state index contributed by atoms with van der Waals surface area (Å²) in [6, 6.07) is 10.2. The lowest BCUT2D eigenvalue weighted by Crippen LogP contribution is -2.32. The number of aromatic nitrogens is 4. The minimum Gasteiger partial charge on any atom is -0.481 e. The highest BCUT2D eigenvalue weighted by Crippen LogP contribution is 2.33. The number of hydrogen-bond acceptors (Lipinski definition) is 7. The van der Waals surface area contributed by atoms with Gasteiger partial charge in [-0.15, -0.1) is 0 Å². The van der Waals surface area contributed by atoms with Crippen LogP contribution in [0.4, 0.5) is 13.2 Å². The van der Waals surface area contributed by atoms with Crippen LogP contribution < -0.4 is 0 Å². The van der Waals surface area contributed by atoms with E-state index in [0.29, 0.717) is 23.4 Å². The molecule has 2 aromatic carbocycles. The molecule has 3 heterocycles. The molecule has 218 valence electrons. The van der Waals surface area contributed by atoms with Crippen LogP contribution in [0.2, 0.25) is 5.15 Å². The van der Waals surface area contributed by atoms with Crippen LogP contribution in [0.1, 0.15) is 43.0 Å². The highest BCUT2D eigenvalue weighted by Gasteiger charge is 2.38. The molecule has 2 N–H and O–H groups in total. The summed E-state index contributed by atoms with van der Waals surface area (Å²) in [4.78, 5) is 26.7. The third-order valence-electron chi connectivity index (χ3n) is 6.72. The molecule has 14 heteroatoms. The van der Waals surface area contributed by atoms with Gasteiger partial charge in [0.05, 0.1) is 11.9 Å². The number of carbonyl (C=O) groups is 2. The molecule has 0 bridgehead atoms. The molecular weight excluding hydrogens is 567 g/mol. The first-order valence-electron chi connectivity index (χ1n) is 12.6. The molecule has 2 aromatic heterocycles. The molecule has 0 unspecified atom stereocenters.